The van der Waals surface area contributed by atoms with E-state index < -0.39 is 6.43 Å². The van der Waals surface area contributed by atoms with Crippen LogP contribution in [0.5, 0.6) is 0 Å². The Labute approximate surface area is 101 Å². The maximum atomic E-state index is 12.5. The molecule has 0 aliphatic carbocycles. The Morgan fingerprint density at radius 3 is 2.50 bits per heavy atom. The molecule has 0 radical (unpaired) electrons. The van der Waals surface area contributed by atoms with Gasteiger partial charge in [0.25, 0.3) is 6.43 Å². The fourth-order valence-corrected chi connectivity index (χ4v) is 2.37. The lowest BCUT2D eigenvalue weighted by Crippen LogP contribution is -2.36. The molecular weight excluding hydrogens is 280 g/mol. The fourth-order valence-electron chi connectivity index (χ4n) is 1.72. The molecule has 2 rings (SSSR count). The van der Waals surface area contributed by atoms with Gasteiger partial charge >= 0.3 is 0 Å². The first-order chi connectivity index (χ1) is 7.68. The molecule has 0 saturated carbocycles. The first-order valence-corrected chi connectivity index (χ1v) is 5.88. The molecule has 88 valence electrons. The standard InChI is InChI=1S/C11H12BrF2NO/c12-9-7-8(11(13)14)1-2-10(9)15-3-5-16-6-4-15/h1-2,7,11H,3-6H2. The largest absolute Gasteiger partial charge is 0.378 e. The Balaban J connectivity index is 2.21. The minimum atomic E-state index is -2.42. The summed E-state index contributed by atoms with van der Waals surface area (Å²) in [5, 5.41) is 0. The molecule has 1 aromatic carbocycles. The number of anilines is 1. The number of morpholine rings is 1. The minimum absolute atomic E-state index is 0.0453. The summed E-state index contributed by atoms with van der Waals surface area (Å²) < 4.78 is 30.9. The summed E-state index contributed by atoms with van der Waals surface area (Å²) in [4.78, 5) is 2.13. The van der Waals surface area contributed by atoms with Crippen molar-refractivity contribution in [1.82, 2.24) is 0 Å². The second-order valence-corrected chi connectivity index (χ2v) is 4.47. The highest BCUT2D eigenvalue weighted by molar-refractivity contribution is 9.10. The van der Waals surface area contributed by atoms with Crippen LogP contribution >= 0.6 is 15.9 Å². The molecule has 0 N–H and O–H groups in total. The lowest BCUT2D eigenvalue weighted by Gasteiger charge is -2.29. The fraction of sp³-hybridized carbons (Fsp3) is 0.455. The van der Waals surface area contributed by atoms with E-state index in [1.54, 1.807) is 6.07 Å². The number of rotatable bonds is 2. The zero-order valence-corrected chi connectivity index (χ0v) is 10.2. The summed E-state index contributed by atoms with van der Waals surface area (Å²) >= 11 is 3.34. The molecule has 5 heteroatoms. The average Bonchev–Trinajstić information content (AvgIpc) is 2.30. The van der Waals surface area contributed by atoms with Gasteiger partial charge in [0.15, 0.2) is 0 Å². The van der Waals surface area contributed by atoms with Gasteiger partial charge in [-0.2, -0.15) is 0 Å². The van der Waals surface area contributed by atoms with Gasteiger partial charge < -0.3 is 9.64 Å². The lowest BCUT2D eigenvalue weighted by atomic mass is 10.2. The second-order valence-electron chi connectivity index (χ2n) is 3.61. The molecule has 0 spiro atoms. The molecular formula is C11H12BrF2NO. The number of halogens is 3. The summed E-state index contributed by atoms with van der Waals surface area (Å²) in [5.74, 6) is 0. The van der Waals surface area contributed by atoms with E-state index in [4.69, 9.17) is 4.74 Å². The number of benzene rings is 1. The van der Waals surface area contributed by atoms with Gasteiger partial charge in [0.05, 0.1) is 18.9 Å². The third kappa shape index (κ3) is 2.52. The molecule has 0 bridgehead atoms. The molecule has 0 amide bonds. The molecule has 0 atom stereocenters. The van der Waals surface area contributed by atoms with Gasteiger partial charge in [0.1, 0.15) is 0 Å². The third-order valence-corrected chi connectivity index (χ3v) is 3.21. The molecule has 0 aromatic heterocycles. The topological polar surface area (TPSA) is 12.5 Å². The van der Waals surface area contributed by atoms with Crippen LogP contribution in [0.3, 0.4) is 0 Å². The van der Waals surface area contributed by atoms with Gasteiger partial charge in [-0.05, 0) is 28.1 Å². The molecule has 1 saturated heterocycles. The zero-order chi connectivity index (χ0) is 11.5. The van der Waals surface area contributed by atoms with Crippen molar-refractivity contribution in [2.24, 2.45) is 0 Å². The van der Waals surface area contributed by atoms with E-state index in [9.17, 15) is 8.78 Å². The monoisotopic (exact) mass is 291 g/mol. The molecule has 2 nitrogen and oxygen atoms in total. The highest BCUT2D eigenvalue weighted by Crippen LogP contribution is 2.31. The third-order valence-electron chi connectivity index (χ3n) is 2.58. The van der Waals surface area contributed by atoms with Crippen molar-refractivity contribution in [1.29, 1.82) is 0 Å². The van der Waals surface area contributed by atoms with Crippen LogP contribution in [-0.2, 0) is 4.74 Å². The quantitative estimate of drug-likeness (QED) is 0.830. The van der Waals surface area contributed by atoms with Crippen LogP contribution < -0.4 is 4.90 Å². The first-order valence-electron chi connectivity index (χ1n) is 5.09. The van der Waals surface area contributed by atoms with Gasteiger partial charge in [-0.1, -0.05) is 6.07 Å². The second kappa shape index (κ2) is 5.10. The molecule has 1 heterocycles. The van der Waals surface area contributed by atoms with Gasteiger partial charge in [-0.3, -0.25) is 0 Å². The average molecular weight is 292 g/mol. The van der Waals surface area contributed by atoms with Crippen molar-refractivity contribution >= 4 is 21.6 Å². The molecule has 1 aliphatic heterocycles. The van der Waals surface area contributed by atoms with Crippen molar-refractivity contribution in [3.8, 4) is 0 Å². The van der Waals surface area contributed by atoms with E-state index in [-0.39, 0.29) is 5.56 Å². The van der Waals surface area contributed by atoms with E-state index in [0.717, 1.165) is 18.8 Å². The predicted molar refractivity (Wildman–Crippen MR) is 62.1 cm³/mol. The number of hydrogen-bond acceptors (Lipinski definition) is 2. The van der Waals surface area contributed by atoms with Gasteiger partial charge in [-0.15, -0.1) is 0 Å². The number of alkyl halides is 2. The van der Waals surface area contributed by atoms with Crippen molar-refractivity contribution in [3.63, 3.8) is 0 Å². The molecule has 1 fully saturated rings. The molecule has 16 heavy (non-hydrogen) atoms. The Morgan fingerprint density at radius 2 is 1.94 bits per heavy atom. The van der Waals surface area contributed by atoms with Crippen LogP contribution in [0, 0.1) is 0 Å². The van der Waals surface area contributed by atoms with Crippen molar-refractivity contribution in [2.45, 2.75) is 6.43 Å². The van der Waals surface area contributed by atoms with Crippen molar-refractivity contribution in [2.75, 3.05) is 31.2 Å². The summed E-state index contributed by atoms with van der Waals surface area (Å²) in [6.45, 7) is 2.96. The van der Waals surface area contributed by atoms with Gasteiger partial charge in [0, 0.05) is 23.1 Å². The Bertz CT molecular complexity index is 367. The smallest absolute Gasteiger partial charge is 0.263 e. The van der Waals surface area contributed by atoms with Crippen LogP contribution in [-0.4, -0.2) is 26.3 Å². The lowest BCUT2D eigenvalue weighted by molar-refractivity contribution is 0.122. The summed E-state index contributed by atoms with van der Waals surface area (Å²) in [5.41, 5.74) is 0.997. The predicted octanol–water partition coefficient (Wildman–Crippen LogP) is 3.22. The van der Waals surface area contributed by atoms with E-state index in [1.165, 1.54) is 12.1 Å². The zero-order valence-electron chi connectivity index (χ0n) is 8.63. The number of hydrogen-bond donors (Lipinski definition) is 0. The van der Waals surface area contributed by atoms with Crippen LogP contribution in [0.25, 0.3) is 0 Å². The van der Waals surface area contributed by atoms with Gasteiger partial charge in [0.2, 0.25) is 0 Å². The number of ether oxygens (including phenoxy) is 1. The Hall–Kier alpha value is -0.680. The molecule has 0 unspecified atom stereocenters. The van der Waals surface area contributed by atoms with Crippen LogP contribution in [0.2, 0.25) is 0 Å². The van der Waals surface area contributed by atoms with E-state index in [0.29, 0.717) is 17.7 Å². The minimum Gasteiger partial charge on any atom is -0.378 e. The van der Waals surface area contributed by atoms with Crippen LogP contribution in [0.1, 0.15) is 12.0 Å². The SMILES string of the molecule is FC(F)c1ccc(N2CCOCC2)c(Br)c1. The van der Waals surface area contributed by atoms with E-state index in [2.05, 4.69) is 20.8 Å². The van der Waals surface area contributed by atoms with Crippen molar-refractivity contribution in [3.05, 3.63) is 28.2 Å². The molecule has 1 aromatic rings. The van der Waals surface area contributed by atoms with Crippen LogP contribution in [0.15, 0.2) is 22.7 Å². The van der Waals surface area contributed by atoms with Crippen molar-refractivity contribution < 1.29 is 13.5 Å². The normalized spacial score (nSPS) is 16.9. The molecule has 1 aliphatic rings. The van der Waals surface area contributed by atoms with E-state index >= 15 is 0 Å². The summed E-state index contributed by atoms with van der Waals surface area (Å²) in [6, 6.07) is 4.69. The Morgan fingerprint density at radius 1 is 1.25 bits per heavy atom. The Kier molecular flexibility index (Phi) is 3.76. The van der Waals surface area contributed by atoms with Gasteiger partial charge in [-0.25, -0.2) is 8.78 Å². The van der Waals surface area contributed by atoms with Crippen LogP contribution in [0.4, 0.5) is 14.5 Å². The first kappa shape index (κ1) is 11.8. The van der Waals surface area contributed by atoms with E-state index in [1.807, 2.05) is 0 Å². The highest BCUT2D eigenvalue weighted by atomic mass is 79.9. The number of nitrogens with zero attached hydrogens (tertiary/aromatic N) is 1. The summed E-state index contributed by atoms with van der Waals surface area (Å²) in [7, 11) is 0. The summed E-state index contributed by atoms with van der Waals surface area (Å²) in [6.07, 6.45) is -2.42. The highest BCUT2D eigenvalue weighted by Gasteiger charge is 2.15. The maximum absolute atomic E-state index is 12.5. The maximum Gasteiger partial charge on any atom is 0.263 e.